The Hall–Kier alpha value is -2.47. The summed E-state index contributed by atoms with van der Waals surface area (Å²) < 4.78 is 17.8. The van der Waals surface area contributed by atoms with Crippen molar-refractivity contribution in [1.82, 2.24) is 0 Å². The summed E-state index contributed by atoms with van der Waals surface area (Å²) in [5, 5.41) is 6.31. The van der Waals surface area contributed by atoms with Crippen molar-refractivity contribution in [3.8, 4) is 0 Å². The van der Waals surface area contributed by atoms with Crippen LogP contribution in [0.1, 0.15) is 12.5 Å². The van der Waals surface area contributed by atoms with Crippen molar-refractivity contribution in [1.29, 1.82) is 0 Å². The van der Waals surface area contributed by atoms with Gasteiger partial charge in [-0.25, -0.2) is 9.18 Å². The molecule has 1 aromatic heterocycles. The van der Waals surface area contributed by atoms with Gasteiger partial charge in [0.2, 0.25) is 0 Å². The number of benzene rings is 1. The third-order valence-electron chi connectivity index (χ3n) is 2.73. The second-order valence-electron chi connectivity index (χ2n) is 4.47. The maximum atomic E-state index is 12.8. The number of hydrogen-bond donors (Lipinski definition) is 1. The van der Waals surface area contributed by atoms with E-state index in [9.17, 15) is 14.0 Å². The van der Waals surface area contributed by atoms with Gasteiger partial charge in [-0.1, -0.05) is 0 Å². The predicted molar refractivity (Wildman–Crippen MR) is 83.9 cm³/mol. The maximum absolute atomic E-state index is 12.8. The molecule has 0 aliphatic carbocycles. The minimum Gasteiger partial charge on any atom is -0.449 e. The van der Waals surface area contributed by atoms with Gasteiger partial charge >= 0.3 is 5.97 Å². The van der Waals surface area contributed by atoms with Crippen molar-refractivity contribution >= 4 is 35.0 Å². The number of thiophene rings is 1. The van der Waals surface area contributed by atoms with E-state index in [4.69, 9.17) is 4.74 Å². The number of hydrogen-bond acceptors (Lipinski definition) is 4. The van der Waals surface area contributed by atoms with E-state index < -0.39 is 23.8 Å². The Labute approximate surface area is 131 Å². The van der Waals surface area contributed by atoms with Gasteiger partial charge < -0.3 is 10.1 Å². The number of carbonyl (C=O) groups excluding carboxylic acids is 2. The molecule has 0 radical (unpaired) electrons. The highest BCUT2D eigenvalue weighted by atomic mass is 32.1. The van der Waals surface area contributed by atoms with Crippen LogP contribution in [0.4, 0.5) is 10.1 Å². The number of ether oxygens (including phenoxy) is 1. The molecule has 0 fully saturated rings. The van der Waals surface area contributed by atoms with Gasteiger partial charge in [0.25, 0.3) is 5.91 Å². The van der Waals surface area contributed by atoms with E-state index in [1.165, 1.54) is 48.6 Å². The topological polar surface area (TPSA) is 55.4 Å². The molecule has 114 valence electrons. The van der Waals surface area contributed by atoms with Gasteiger partial charge in [0.05, 0.1) is 0 Å². The first-order valence-corrected chi connectivity index (χ1v) is 7.46. The number of rotatable bonds is 5. The number of halogens is 1. The molecule has 0 aliphatic heterocycles. The van der Waals surface area contributed by atoms with Crippen LogP contribution in [-0.2, 0) is 14.3 Å². The van der Waals surface area contributed by atoms with Gasteiger partial charge in [0.15, 0.2) is 6.10 Å². The van der Waals surface area contributed by atoms with Crippen LogP contribution in [0, 0.1) is 5.82 Å². The van der Waals surface area contributed by atoms with Gasteiger partial charge in [-0.05, 0) is 59.7 Å². The molecule has 0 saturated carbocycles. The van der Waals surface area contributed by atoms with E-state index >= 15 is 0 Å². The van der Waals surface area contributed by atoms with Crippen LogP contribution in [0.3, 0.4) is 0 Å². The molecule has 22 heavy (non-hydrogen) atoms. The lowest BCUT2D eigenvalue weighted by Gasteiger charge is -2.12. The number of amides is 1. The fourth-order valence-corrected chi connectivity index (χ4v) is 2.21. The molecule has 1 N–H and O–H groups in total. The minimum absolute atomic E-state index is 0.393. The molecule has 1 heterocycles. The molecule has 2 rings (SSSR count). The smallest absolute Gasteiger partial charge is 0.331 e. The van der Waals surface area contributed by atoms with E-state index in [1.807, 2.05) is 16.8 Å². The zero-order chi connectivity index (χ0) is 15.9. The van der Waals surface area contributed by atoms with Crippen molar-refractivity contribution in [2.24, 2.45) is 0 Å². The fraction of sp³-hybridized carbons (Fsp3) is 0.125. The van der Waals surface area contributed by atoms with E-state index in [1.54, 1.807) is 6.08 Å². The number of carbonyl (C=O) groups is 2. The Morgan fingerprint density at radius 2 is 2.00 bits per heavy atom. The average molecular weight is 319 g/mol. The van der Waals surface area contributed by atoms with Crippen molar-refractivity contribution in [2.75, 3.05) is 5.32 Å². The molecule has 6 heteroatoms. The van der Waals surface area contributed by atoms with Gasteiger partial charge in [-0.15, -0.1) is 0 Å². The van der Waals surface area contributed by atoms with Crippen LogP contribution < -0.4 is 5.32 Å². The molecule has 0 aliphatic rings. The molecule has 4 nitrogen and oxygen atoms in total. The number of anilines is 1. The van der Waals surface area contributed by atoms with E-state index in [2.05, 4.69) is 5.32 Å². The maximum Gasteiger partial charge on any atom is 0.331 e. The van der Waals surface area contributed by atoms with E-state index in [0.717, 1.165) is 5.56 Å². The summed E-state index contributed by atoms with van der Waals surface area (Å²) >= 11 is 1.52. The van der Waals surface area contributed by atoms with Crippen LogP contribution in [0.5, 0.6) is 0 Å². The summed E-state index contributed by atoms with van der Waals surface area (Å²) in [6.07, 6.45) is 1.93. The molecule has 2 aromatic rings. The molecule has 0 bridgehead atoms. The molecule has 0 unspecified atom stereocenters. The average Bonchev–Trinajstić information content (AvgIpc) is 3.01. The summed E-state index contributed by atoms with van der Waals surface area (Å²) in [4.78, 5) is 23.5. The van der Waals surface area contributed by atoms with Crippen LogP contribution in [-0.4, -0.2) is 18.0 Å². The minimum atomic E-state index is -0.954. The Morgan fingerprint density at radius 1 is 1.27 bits per heavy atom. The lowest BCUT2D eigenvalue weighted by Crippen LogP contribution is -2.29. The second-order valence-corrected chi connectivity index (χ2v) is 5.25. The quantitative estimate of drug-likeness (QED) is 0.678. The Bertz CT molecular complexity index is 665. The highest BCUT2D eigenvalue weighted by molar-refractivity contribution is 7.08. The van der Waals surface area contributed by atoms with Gasteiger partial charge in [-0.2, -0.15) is 11.3 Å². The van der Waals surface area contributed by atoms with Crippen LogP contribution in [0.25, 0.3) is 6.08 Å². The lowest BCUT2D eigenvalue weighted by molar-refractivity contribution is -0.148. The lowest BCUT2D eigenvalue weighted by atomic mass is 10.3. The fourth-order valence-electron chi connectivity index (χ4n) is 1.58. The third kappa shape index (κ3) is 4.82. The molecular formula is C16H14FNO3S. The standard InChI is InChI=1S/C16H14FNO3S/c1-11(16(20)18-14-5-3-13(17)4-6-14)21-15(19)7-2-12-8-9-22-10-12/h2-11H,1H3,(H,18,20)/b7-2+/t11-/m0/s1. The molecule has 0 saturated heterocycles. The van der Waals surface area contributed by atoms with Crippen molar-refractivity contribution in [3.05, 3.63) is 58.5 Å². The Balaban J connectivity index is 1.85. The third-order valence-corrected chi connectivity index (χ3v) is 3.43. The van der Waals surface area contributed by atoms with E-state index in [-0.39, 0.29) is 0 Å². The monoisotopic (exact) mass is 319 g/mol. The first-order chi connectivity index (χ1) is 10.5. The van der Waals surface area contributed by atoms with Crippen molar-refractivity contribution in [3.63, 3.8) is 0 Å². The summed E-state index contributed by atoms with van der Waals surface area (Å²) in [6, 6.07) is 7.18. The number of nitrogens with one attached hydrogen (secondary N) is 1. The molecule has 1 atom stereocenters. The summed E-state index contributed by atoms with van der Waals surface area (Å²) in [6.45, 7) is 1.47. The van der Waals surface area contributed by atoms with E-state index in [0.29, 0.717) is 5.69 Å². The van der Waals surface area contributed by atoms with Gasteiger partial charge in [-0.3, -0.25) is 4.79 Å². The number of esters is 1. The summed E-state index contributed by atoms with van der Waals surface area (Å²) in [7, 11) is 0. The molecule has 1 amide bonds. The molecule has 1 aromatic carbocycles. The SMILES string of the molecule is C[C@H](OC(=O)/C=C/c1ccsc1)C(=O)Nc1ccc(F)cc1. The zero-order valence-corrected chi connectivity index (χ0v) is 12.6. The second kappa shape index (κ2) is 7.51. The van der Waals surface area contributed by atoms with Crippen LogP contribution in [0.2, 0.25) is 0 Å². The van der Waals surface area contributed by atoms with Crippen LogP contribution in [0.15, 0.2) is 47.2 Å². The molecular weight excluding hydrogens is 305 g/mol. The van der Waals surface area contributed by atoms with Crippen LogP contribution >= 0.6 is 11.3 Å². The predicted octanol–water partition coefficient (Wildman–Crippen LogP) is 3.47. The highest BCUT2D eigenvalue weighted by Crippen LogP contribution is 2.10. The highest BCUT2D eigenvalue weighted by Gasteiger charge is 2.16. The zero-order valence-electron chi connectivity index (χ0n) is 11.8. The first kappa shape index (κ1) is 15.9. The first-order valence-electron chi connectivity index (χ1n) is 6.52. The Kier molecular flexibility index (Phi) is 5.43. The largest absolute Gasteiger partial charge is 0.449 e. The Morgan fingerprint density at radius 3 is 2.64 bits per heavy atom. The summed E-state index contributed by atoms with van der Waals surface area (Å²) in [5.41, 5.74) is 1.33. The van der Waals surface area contributed by atoms with Gasteiger partial charge in [0.1, 0.15) is 5.82 Å². The summed E-state index contributed by atoms with van der Waals surface area (Å²) in [5.74, 6) is -1.48. The normalized spacial score (nSPS) is 12.1. The molecule has 0 spiro atoms. The van der Waals surface area contributed by atoms with Crippen molar-refractivity contribution < 1.29 is 18.7 Å². The van der Waals surface area contributed by atoms with Gasteiger partial charge in [0, 0.05) is 11.8 Å². The van der Waals surface area contributed by atoms with Crippen molar-refractivity contribution in [2.45, 2.75) is 13.0 Å².